The number of nitrogens with one attached hydrogen (secondary N) is 2. The molecule has 2 aromatic carbocycles. The van der Waals surface area contributed by atoms with Crippen LogP contribution in [-0.4, -0.2) is 58.2 Å². The van der Waals surface area contributed by atoms with Gasteiger partial charge in [0.2, 0.25) is 0 Å². The Labute approximate surface area is 193 Å². The van der Waals surface area contributed by atoms with Crippen molar-refractivity contribution in [2.75, 3.05) is 52.3 Å². The lowest BCUT2D eigenvalue weighted by Gasteiger charge is -2.22. The second kappa shape index (κ2) is 12.3. The lowest BCUT2D eigenvalue weighted by molar-refractivity contribution is 0.281. The van der Waals surface area contributed by atoms with Crippen LogP contribution in [0.15, 0.2) is 53.5 Å². The van der Waals surface area contributed by atoms with E-state index in [1.165, 1.54) is 29.7 Å². The van der Waals surface area contributed by atoms with Crippen LogP contribution in [0.25, 0.3) is 0 Å². The molecule has 1 fully saturated rings. The Balaban J connectivity index is 1.47. The second-order valence-electron chi connectivity index (χ2n) is 8.73. The molecule has 1 saturated heterocycles. The molecule has 0 aromatic heterocycles. The van der Waals surface area contributed by atoms with Crippen LogP contribution in [0.2, 0.25) is 0 Å². The van der Waals surface area contributed by atoms with E-state index in [2.05, 4.69) is 82.8 Å². The number of aliphatic imine (C=N–C) groups is 1. The van der Waals surface area contributed by atoms with Crippen molar-refractivity contribution in [3.05, 3.63) is 59.7 Å². The molecule has 6 nitrogen and oxygen atoms in total. The van der Waals surface area contributed by atoms with Gasteiger partial charge in [0, 0.05) is 38.9 Å². The van der Waals surface area contributed by atoms with E-state index in [1.807, 2.05) is 19.2 Å². The van der Waals surface area contributed by atoms with Crippen LogP contribution in [0.4, 0.5) is 5.69 Å². The summed E-state index contributed by atoms with van der Waals surface area (Å²) in [4.78, 5) is 9.05. The monoisotopic (exact) mass is 437 g/mol. The van der Waals surface area contributed by atoms with E-state index in [1.54, 1.807) is 0 Å². The Bertz CT molecular complexity index is 844. The first-order valence-electron chi connectivity index (χ1n) is 11.7. The molecule has 2 N–H and O–H groups in total. The zero-order chi connectivity index (χ0) is 22.8. The minimum atomic E-state index is 0.168. The highest BCUT2D eigenvalue weighted by Crippen LogP contribution is 2.24. The maximum absolute atomic E-state index is 5.82. The van der Waals surface area contributed by atoms with Crippen molar-refractivity contribution in [3.8, 4) is 5.75 Å². The summed E-state index contributed by atoms with van der Waals surface area (Å²) in [5.74, 6) is 1.72. The lowest BCUT2D eigenvalue weighted by Crippen LogP contribution is -2.38. The minimum absolute atomic E-state index is 0.168. The van der Waals surface area contributed by atoms with E-state index < -0.39 is 0 Å². The molecule has 32 heavy (non-hydrogen) atoms. The highest BCUT2D eigenvalue weighted by Gasteiger charge is 2.14. The summed E-state index contributed by atoms with van der Waals surface area (Å²) in [6.45, 7) is 6.99. The fourth-order valence-corrected chi connectivity index (χ4v) is 3.91. The Morgan fingerprint density at radius 3 is 2.56 bits per heavy atom. The predicted octanol–water partition coefficient (Wildman–Crippen LogP) is 4.04. The summed E-state index contributed by atoms with van der Waals surface area (Å²) < 4.78 is 5.82. The zero-order valence-electron chi connectivity index (χ0n) is 20.1. The van der Waals surface area contributed by atoms with Crippen molar-refractivity contribution in [1.82, 2.24) is 15.5 Å². The first-order valence-corrected chi connectivity index (χ1v) is 11.7. The molecule has 3 rings (SSSR count). The average Bonchev–Trinajstić information content (AvgIpc) is 3.35. The Morgan fingerprint density at radius 1 is 1.12 bits per heavy atom. The summed E-state index contributed by atoms with van der Waals surface area (Å²) in [6.07, 6.45) is 3.60. The van der Waals surface area contributed by atoms with Gasteiger partial charge in [0.1, 0.15) is 5.75 Å². The van der Waals surface area contributed by atoms with Crippen LogP contribution < -0.4 is 20.3 Å². The molecule has 1 aliphatic rings. The van der Waals surface area contributed by atoms with Gasteiger partial charge < -0.3 is 25.2 Å². The van der Waals surface area contributed by atoms with Crippen LogP contribution >= 0.6 is 0 Å². The van der Waals surface area contributed by atoms with Gasteiger partial charge in [-0.2, -0.15) is 0 Å². The predicted molar refractivity (Wildman–Crippen MR) is 135 cm³/mol. The average molecular weight is 438 g/mol. The van der Waals surface area contributed by atoms with Crippen LogP contribution in [0.5, 0.6) is 5.75 Å². The topological polar surface area (TPSA) is 52.1 Å². The van der Waals surface area contributed by atoms with Gasteiger partial charge in [-0.1, -0.05) is 24.3 Å². The van der Waals surface area contributed by atoms with Crippen LogP contribution in [0.3, 0.4) is 0 Å². The van der Waals surface area contributed by atoms with Crippen LogP contribution in [-0.2, 0) is 6.54 Å². The molecule has 0 spiro atoms. The quantitative estimate of drug-likeness (QED) is 0.334. The molecule has 1 aliphatic heterocycles. The van der Waals surface area contributed by atoms with Crippen molar-refractivity contribution < 1.29 is 4.74 Å². The number of hydrogen-bond donors (Lipinski definition) is 2. The normalized spacial score (nSPS) is 15.2. The maximum atomic E-state index is 5.82. The number of guanidine groups is 1. The highest BCUT2D eigenvalue weighted by molar-refractivity contribution is 5.80. The van der Waals surface area contributed by atoms with Crippen molar-refractivity contribution >= 4 is 11.6 Å². The number of nitrogens with zero attached hydrogens (tertiary/aromatic N) is 3. The molecule has 0 bridgehead atoms. The molecule has 1 unspecified atom stereocenters. The summed E-state index contributed by atoms with van der Waals surface area (Å²) in [5.41, 5.74) is 3.78. The van der Waals surface area contributed by atoms with Gasteiger partial charge in [0.25, 0.3) is 0 Å². The SMILES string of the molecule is CN=C(NCc1ccc(OCCCN(C)C)cc1)NC(C)c1cccc(N2CCCC2)c1. The molecule has 1 atom stereocenters. The van der Waals surface area contributed by atoms with Crippen molar-refractivity contribution in [2.45, 2.75) is 38.8 Å². The minimum Gasteiger partial charge on any atom is -0.494 e. The molecule has 0 radical (unpaired) electrons. The van der Waals surface area contributed by atoms with Gasteiger partial charge in [-0.3, -0.25) is 4.99 Å². The summed E-state index contributed by atoms with van der Waals surface area (Å²) >= 11 is 0. The summed E-state index contributed by atoms with van der Waals surface area (Å²) in [6, 6.07) is 17.3. The standard InChI is InChI=1S/C26H39N5O/c1-21(23-9-7-10-24(19-23)31-16-5-6-17-31)29-26(27-2)28-20-22-11-13-25(14-12-22)32-18-8-15-30(3)4/h7,9-14,19,21H,5-6,8,15-18,20H2,1-4H3,(H2,27,28,29). The zero-order valence-corrected chi connectivity index (χ0v) is 20.1. The summed E-state index contributed by atoms with van der Waals surface area (Å²) in [7, 11) is 5.97. The first-order chi connectivity index (χ1) is 15.5. The second-order valence-corrected chi connectivity index (χ2v) is 8.73. The van der Waals surface area contributed by atoms with Crippen molar-refractivity contribution in [2.24, 2.45) is 4.99 Å². The third-order valence-corrected chi connectivity index (χ3v) is 5.82. The van der Waals surface area contributed by atoms with Gasteiger partial charge in [0.05, 0.1) is 12.6 Å². The first kappa shape index (κ1) is 23.9. The van der Waals surface area contributed by atoms with E-state index in [-0.39, 0.29) is 6.04 Å². The van der Waals surface area contributed by atoms with Crippen molar-refractivity contribution in [3.63, 3.8) is 0 Å². The highest BCUT2D eigenvalue weighted by atomic mass is 16.5. The van der Waals surface area contributed by atoms with E-state index in [9.17, 15) is 0 Å². The number of hydrogen-bond acceptors (Lipinski definition) is 4. The number of rotatable bonds is 10. The fraction of sp³-hybridized carbons (Fsp3) is 0.500. The molecule has 6 heteroatoms. The Morgan fingerprint density at radius 2 is 1.88 bits per heavy atom. The van der Waals surface area contributed by atoms with E-state index >= 15 is 0 Å². The molecular formula is C26H39N5O. The van der Waals surface area contributed by atoms with E-state index in [4.69, 9.17) is 4.74 Å². The maximum Gasteiger partial charge on any atom is 0.191 e. The molecule has 0 amide bonds. The molecule has 2 aromatic rings. The van der Waals surface area contributed by atoms with Gasteiger partial charge in [-0.25, -0.2) is 0 Å². The molecule has 1 heterocycles. The largest absolute Gasteiger partial charge is 0.494 e. The molecule has 0 saturated carbocycles. The van der Waals surface area contributed by atoms with Gasteiger partial charge in [-0.15, -0.1) is 0 Å². The van der Waals surface area contributed by atoms with Crippen LogP contribution in [0.1, 0.15) is 43.4 Å². The fourth-order valence-electron chi connectivity index (χ4n) is 3.91. The Kier molecular flexibility index (Phi) is 9.23. The number of benzene rings is 2. The third kappa shape index (κ3) is 7.45. The third-order valence-electron chi connectivity index (χ3n) is 5.82. The lowest BCUT2D eigenvalue weighted by atomic mass is 10.1. The van der Waals surface area contributed by atoms with Gasteiger partial charge >= 0.3 is 0 Å². The number of anilines is 1. The number of ether oxygens (including phenoxy) is 1. The molecular weight excluding hydrogens is 398 g/mol. The summed E-state index contributed by atoms with van der Waals surface area (Å²) in [5, 5.41) is 6.94. The van der Waals surface area contributed by atoms with E-state index in [0.29, 0.717) is 6.54 Å². The van der Waals surface area contributed by atoms with Gasteiger partial charge in [0.15, 0.2) is 5.96 Å². The Hall–Kier alpha value is -2.73. The van der Waals surface area contributed by atoms with Crippen molar-refractivity contribution in [1.29, 1.82) is 0 Å². The smallest absolute Gasteiger partial charge is 0.191 e. The molecule has 174 valence electrons. The van der Waals surface area contributed by atoms with Crippen LogP contribution in [0, 0.1) is 0 Å². The van der Waals surface area contributed by atoms with Gasteiger partial charge in [-0.05, 0) is 75.7 Å². The van der Waals surface area contributed by atoms with E-state index in [0.717, 1.165) is 44.4 Å². The molecule has 0 aliphatic carbocycles.